The number of ether oxygens (including phenoxy) is 1. The molecule has 2 rings (SSSR count). The summed E-state index contributed by atoms with van der Waals surface area (Å²) in [7, 11) is 3.63. The molecule has 1 aromatic carbocycles. The van der Waals surface area contributed by atoms with Gasteiger partial charge in [-0.05, 0) is 37.3 Å². The molecule has 0 saturated heterocycles. The average molecular weight is 273 g/mol. The van der Waals surface area contributed by atoms with E-state index in [4.69, 9.17) is 4.74 Å². The predicted octanol–water partition coefficient (Wildman–Crippen LogP) is 2.09. The molecule has 0 aliphatic rings. The third-order valence-corrected chi connectivity index (χ3v) is 2.93. The molecule has 0 radical (unpaired) electrons. The van der Waals surface area contributed by atoms with Gasteiger partial charge in [-0.25, -0.2) is 0 Å². The van der Waals surface area contributed by atoms with Gasteiger partial charge in [-0.3, -0.25) is 9.48 Å². The molecule has 0 fully saturated rings. The monoisotopic (exact) mass is 273 g/mol. The predicted molar refractivity (Wildman–Crippen MR) is 76.6 cm³/mol. The van der Waals surface area contributed by atoms with Crippen LogP contribution in [0, 0.1) is 0 Å². The summed E-state index contributed by atoms with van der Waals surface area (Å²) < 4.78 is 7.09. The highest BCUT2D eigenvalue weighted by molar-refractivity contribution is 5.94. The number of aromatic nitrogens is 2. The van der Waals surface area contributed by atoms with Crippen molar-refractivity contribution in [2.24, 2.45) is 7.05 Å². The highest BCUT2D eigenvalue weighted by atomic mass is 16.5. The van der Waals surface area contributed by atoms with Crippen LogP contribution in [0.4, 0.5) is 0 Å². The lowest BCUT2D eigenvalue weighted by Crippen LogP contribution is -2.26. The van der Waals surface area contributed by atoms with Gasteiger partial charge in [-0.2, -0.15) is 5.10 Å². The van der Waals surface area contributed by atoms with Crippen LogP contribution in [0.25, 0.3) is 0 Å². The average Bonchev–Trinajstić information content (AvgIpc) is 2.84. The number of benzene rings is 1. The second-order valence-electron chi connectivity index (χ2n) is 4.60. The minimum absolute atomic E-state index is 0.0290. The summed E-state index contributed by atoms with van der Waals surface area (Å²) in [6, 6.07) is 9.09. The normalized spacial score (nSPS) is 10.3. The van der Waals surface area contributed by atoms with Crippen molar-refractivity contribution in [1.29, 1.82) is 0 Å². The van der Waals surface area contributed by atoms with Gasteiger partial charge in [-0.1, -0.05) is 0 Å². The fourth-order valence-corrected chi connectivity index (χ4v) is 1.94. The van der Waals surface area contributed by atoms with E-state index in [0.29, 0.717) is 18.7 Å². The molecule has 20 heavy (non-hydrogen) atoms. The topological polar surface area (TPSA) is 47.4 Å². The summed E-state index contributed by atoms with van der Waals surface area (Å²) >= 11 is 0. The molecule has 0 saturated carbocycles. The minimum atomic E-state index is -0.0290. The number of amides is 1. The van der Waals surface area contributed by atoms with Crippen LogP contribution in [-0.2, 0) is 13.6 Å². The van der Waals surface area contributed by atoms with E-state index in [1.165, 1.54) is 0 Å². The Morgan fingerprint density at radius 2 is 2.00 bits per heavy atom. The van der Waals surface area contributed by atoms with Crippen LogP contribution in [0.15, 0.2) is 36.5 Å². The van der Waals surface area contributed by atoms with E-state index in [0.717, 1.165) is 11.4 Å². The maximum absolute atomic E-state index is 12.3. The van der Waals surface area contributed by atoms with Crippen LogP contribution < -0.4 is 4.74 Å². The molecular formula is C15H19N3O2. The van der Waals surface area contributed by atoms with E-state index in [9.17, 15) is 4.79 Å². The van der Waals surface area contributed by atoms with Gasteiger partial charge in [0.15, 0.2) is 0 Å². The Morgan fingerprint density at radius 1 is 1.30 bits per heavy atom. The first kappa shape index (κ1) is 14.1. The maximum atomic E-state index is 12.3. The molecule has 0 atom stereocenters. The lowest BCUT2D eigenvalue weighted by molar-refractivity contribution is 0.0783. The number of hydrogen-bond acceptors (Lipinski definition) is 3. The lowest BCUT2D eigenvalue weighted by Gasteiger charge is -2.16. The van der Waals surface area contributed by atoms with Crippen molar-refractivity contribution in [1.82, 2.24) is 14.7 Å². The Bertz CT molecular complexity index is 575. The zero-order valence-electron chi connectivity index (χ0n) is 12.0. The molecule has 1 aromatic heterocycles. The van der Waals surface area contributed by atoms with E-state index in [1.54, 1.807) is 28.8 Å². The smallest absolute Gasteiger partial charge is 0.253 e. The maximum Gasteiger partial charge on any atom is 0.253 e. The van der Waals surface area contributed by atoms with E-state index in [-0.39, 0.29) is 5.91 Å². The minimum Gasteiger partial charge on any atom is -0.494 e. The van der Waals surface area contributed by atoms with E-state index >= 15 is 0 Å². The fraction of sp³-hybridized carbons (Fsp3) is 0.333. The highest BCUT2D eigenvalue weighted by Crippen LogP contribution is 2.14. The molecule has 0 aliphatic carbocycles. The van der Waals surface area contributed by atoms with Gasteiger partial charge in [0.2, 0.25) is 0 Å². The number of rotatable bonds is 5. The Hall–Kier alpha value is -2.30. The Kier molecular flexibility index (Phi) is 4.40. The standard InChI is InChI=1S/C15H19N3O2/c1-4-20-14-7-5-12(6-8-14)15(19)17(2)11-13-9-10-18(3)16-13/h5-10H,4,11H2,1-3H3. The number of aryl methyl sites for hydroxylation is 1. The number of carbonyl (C=O) groups excluding carboxylic acids is 1. The van der Waals surface area contributed by atoms with Crippen molar-refractivity contribution in [3.05, 3.63) is 47.8 Å². The summed E-state index contributed by atoms with van der Waals surface area (Å²) in [6.45, 7) is 3.04. The summed E-state index contributed by atoms with van der Waals surface area (Å²) in [4.78, 5) is 13.9. The van der Waals surface area contributed by atoms with Gasteiger partial charge in [0.25, 0.3) is 5.91 Å². The molecular weight excluding hydrogens is 254 g/mol. The molecule has 1 heterocycles. The van der Waals surface area contributed by atoms with Gasteiger partial charge in [0.1, 0.15) is 5.75 Å². The van der Waals surface area contributed by atoms with Crippen molar-refractivity contribution in [3.8, 4) is 5.75 Å². The van der Waals surface area contributed by atoms with Crippen molar-refractivity contribution in [3.63, 3.8) is 0 Å². The van der Waals surface area contributed by atoms with Crippen molar-refractivity contribution in [2.75, 3.05) is 13.7 Å². The molecule has 2 aromatic rings. The van der Waals surface area contributed by atoms with Crippen LogP contribution in [0.1, 0.15) is 23.0 Å². The van der Waals surface area contributed by atoms with Crippen LogP contribution in [0.5, 0.6) is 5.75 Å². The Morgan fingerprint density at radius 3 is 2.55 bits per heavy atom. The first-order valence-electron chi connectivity index (χ1n) is 6.57. The Balaban J connectivity index is 2.02. The third-order valence-electron chi connectivity index (χ3n) is 2.93. The third kappa shape index (κ3) is 3.38. The summed E-state index contributed by atoms with van der Waals surface area (Å²) in [5.74, 6) is 0.745. The summed E-state index contributed by atoms with van der Waals surface area (Å²) in [5, 5.41) is 4.27. The Labute approximate surface area is 118 Å². The largest absolute Gasteiger partial charge is 0.494 e. The lowest BCUT2D eigenvalue weighted by atomic mass is 10.2. The first-order valence-corrected chi connectivity index (χ1v) is 6.57. The molecule has 5 heteroatoms. The quantitative estimate of drug-likeness (QED) is 0.838. The van der Waals surface area contributed by atoms with E-state index in [2.05, 4.69) is 5.10 Å². The first-order chi connectivity index (χ1) is 9.60. The summed E-state index contributed by atoms with van der Waals surface area (Å²) in [6.07, 6.45) is 1.87. The van der Waals surface area contributed by atoms with Crippen LogP contribution >= 0.6 is 0 Å². The highest BCUT2D eigenvalue weighted by Gasteiger charge is 2.13. The molecule has 0 unspecified atom stereocenters. The van der Waals surface area contributed by atoms with Crippen LogP contribution in [0.3, 0.4) is 0 Å². The summed E-state index contributed by atoms with van der Waals surface area (Å²) in [5.41, 5.74) is 1.51. The number of hydrogen-bond donors (Lipinski definition) is 0. The molecule has 5 nitrogen and oxygen atoms in total. The van der Waals surface area contributed by atoms with Crippen molar-refractivity contribution >= 4 is 5.91 Å². The molecule has 0 aliphatic heterocycles. The van der Waals surface area contributed by atoms with Gasteiger partial charge in [0.05, 0.1) is 18.8 Å². The van der Waals surface area contributed by atoms with Crippen molar-refractivity contribution in [2.45, 2.75) is 13.5 Å². The van der Waals surface area contributed by atoms with Crippen LogP contribution in [-0.4, -0.2) is 34.2 Å². The van der Waals surface area contributed by atoms with E-state index < -0.39 is 0 Å². The second-order valence-corrected chi connectivity index (χ2v) is 4.60. The zero-order chi connectivity index (χ0) is 14.5. The molecule has 1 amide bonds. The number of nitrogens with zero attached hydrogens (tertiary/aromatic N) is 3. The van der Waals surface area contributed by atoms with Crippen molar-refractivity contribution < 1.29 is 9.53 Å². The molecule has 0 bridgehead atoms. The molecule has 0 N–H and O–H groups in total. The zero-order valence-corrected chi connectivity index (χ0v) is 12.0. The second kappa shape index (κ2) is 6.23. The van der Waals surface area contributed by atoms with Gasteiger partial charge < -0.3 is 9.64 Å². The molecule has 0 spiro atoms. The van der Waals surface area contributed by atoms with Gasteiger partial charge in [0, 0.05) is 25.9 Å². The van der Waals surface area contributed by atoms with E-state index in [1.807, 2.05) is 38.4 Å². The fourth-order valence-electron chi connectivity index (χ4n) is 1.94. The van der Waals surface area contributed by atoms with Crippen LogP contribution in [0.2, 0.25) is 0 Å². The van der Waals surface area contributed by atoms with Gasteiger partial charge >= 0.3 is 0 Å². The molecule has 106 valence electrons. The SMILES string of the molecule is CCOc1ccc(C(=O)N(C)Cc2ccn(C)n2)cc1. The number of carbonyl (C=O) groups is 1. The van der Waals surface area contributed by atoms with Gasteiger partial charge in [-0.15, -0.1) is 0 Å².